The molecule has 0 aliphatic heterocycles. The molecular formula is C23H30N2O3. The molecule has 5 nitrogen and oxygen atoms in total. The lowest BCUT2D eigenvalue weighted by Crippen LogP contribution is -2.14. The number of carbonyl (C=O) groups is 2. The molecule has 0 spiro atoms. The third-order valence-electron chi connectivity index (χ3n) is 4.27. The molecule has 0 fully saturated rings. The van der Waals surface area contributed by atoms with Crippen LogP contribution in [0.15, 0.2) is 48.5 Å². The second-order valence-corrected chi connectivity index (χ2v) is 6.77. The minimum Gasteiger partial charge on any atom is -0.494 e. The van der Waals surface area contributed by atoms with Crippen LogP contribution in [0.5, 0.6) is 5.75 Å². The van der Waals surface area contributed by atoms with Gasteiger partial charge >= 0.3 is 0 Å². The summed E-state index contributed by atoms with van der Waals surface area (Å²) in [6.45, 7) is 4.85. The van der Waals surface area contributed by atoms with Crippen LogP contribution in [0.1, 0.15) is 62.7 Å². The zero-order chi connectivity index (χ0) is 20.2. The molecule has 0 unspecified atom stereocenters. The van der Waals surface area contributed by atoms with Gasteiger partial charge in [-0.1, -0.05) is 45.2 Å². The van der Waals surface area contributed by atoms with E-state index in [0.717, 1.165) is 32.1 Å². The van der Waals surface area contributed by atoms with Crippen LogP contribution in [0.25, 0.3) is 0 Å². The number of anilines is 2. The average Bonchev–Trinajstić information content (AvgIpc) is 2.69. The van der Waals surface area contributed by atoms with Crippen LogP contribution >= 0.6 is 0 Å². The fourth-order valence-corrected chi connectivity index (χ4v) is 2.70. The van der Waals surface area contributed by atoms with E-state index in [9.17, 15) is 9.59 Å². The average molecular weight is 383 g/mol. The van der Waals surface area contributed by atoms with Crippen molar-refractivity contribution in [3.05, 3.63) is 54.1 Å². The second kappa shape index (κ2) is 11.8. The molecule has 2 aromatic carbocycles. The maximum Gasteiger partial charge on any atom is 0.255 e. The Bertz CT molecular complexity index is 774. The minimum atomic E-state index is -0.215. The molecule has 2 N–H and O–H groups in total. The summed E-state index contributed by atoms with van der Waals surface area (Å²) in [4.78, 5) is 24.5. The number of unbranched alkanes of at least 4 members (excludes halogenated alkanes) is 3. The molecule has 2 amide bonds. The number of carbonyl (C=O) groups excluding carboxylic acids is 2. The first kappa shape index (κ1) is 21.5. The molecule has 2 aromatic rings. The van der Waals surface area contributed by atoms with Crippen LogP contribution in [0.4, 0.5) is 11.4 Å². The number of benzene rings is 2. The van der Waals surface area contributed by atoms with Crippen molar-refractivity contribution in [1.29, 1.82) is 0 Å². The van der Waals surface area contributed by atoms with Gasteiger partial charge in [0, 0.05) is 23.4 Å². The predicted octanol–water partition coefficient (Wildman–Crippen LogP) is 5.64. The summed E-state index contributed by atoms with van der Waals surface area (Å²) in [5.74, 6) is 0.468. The van der Waals surface area contributed by atoms with Crippen molar-refractivity contribution >= 4 is 23.2 Å². The Kier molecular flexibility index (Phi) is 9.05. The largest absolute Gasteiger partial charge is 0.494 e. The first-order valence-corrected chi connectivity index (χ1v) is 10.1. The molecular weight excluding hydrogens is 352 g/mol. The SMILES string of the molecule is CCCCCC(=O)Nc1cccc(NC(=O)c2cccc(OCCCC)c2)c1. The Morgan fingerprint density at radius 3 is 2.32 bits per heavy atom. The van der Waals surface area contributed by atoms with Gasteiger partial charge in [0.15, 0.2) is 0 Å². The first-order chi connectivity index (χ1) is 13.6. The minimum absolute atomic E-state index is 0.00569. The summed E-state index contributed by atoms with van der Waals surface area (Å²) in [6.07, 6.45) is 5.56. The Balaban J connectivity index is 1.95. The maximum atomic E-state index is 12.6. The van der Waals surface area contributed by atoms with E-state index in [0.29, 0.717) is 35.7 Å². The third-order valence-corrected chi connectivity index (χ3v) is 4.27. The van der Waals surface area contributed by atoms with Crippen LogP contribution in [-0.2, 0) is 4.79 Å². The summed E-state index contributed by atoms with van der Waals surface area (Å²) >= 11 is 0. The van der Waals surface area contributed by atoms with E-state index in [1.54, 1.807) is 24.3 Å². The quantitative estimate of drug-likeness (QED) is 0.494. The summed E-state index contributed by atoms with van der Waals surface area (Å²) < 4.78 is 5.66. The second-order valence-electron chi connectivity index (χ2n) is 6.77. The van der Waals surface area contributed by atoms with E-state index in [2.05, 4.69) is 24.5 Å². The summed E-state index contributed by atoms with van der Waals surface area (Å²) in [7, 11) is 0. The molecule has 2 rings (SSSR count). The lowest BCUT2D eigenvalue weighted by Gasteiger charge is -2.10. The van der Waals surface area contributed by atoms with E-state index in [1.807, 2.05) is 24.3 Å². The van der Waals surface area contributed by atoms with Crippen LogP contribution in [0, 0.1) is 0 Å². The number of nitrogens with one attached hydrogen (secondary N) is 2. The molecule has 0 heterocycles. The van der Waals surface area contributed by atoms with Gasteiger partial charge in [-0.05, 0) is 49.2 Å². The molecule has 28 heavy (non-hydrogen) atoms. The molecule has 0 bridgehead atoms. The van der Waals surface area contributed by atoms with Gasteiger partial charge < -0.3 is 15.4 Å². The third kappa shape index (κ3) is 7.43. The highest BCUT2D eigenvalue weighted by Gasteiger charge is 2.09. The summed E-state index contributed by atoms with van der Waals surface area (Å²) in [6, 6.07) is 14.3. The van der Waals surface area contributed by atoms with Crippen LogP contribution in [0.3, 0.4) is 0 Å². The molecule has 150 valence electrons. The highest BCUT2D eigenvalue weighted by Crippen LogP contribution is 2.19. The van der Waals surface area contributed by atoms with Gasteiger partial charge in [0.05, 0.1) is 6.61 Å². The van der Waals surface area contributed by atoms with E-state index >= 15 is 0 Å². The molecule has 0 aliphatic rings. The van der Waals surface area contributed by atoms with Gasteiger partial charge in [-0.25, -0.2) is 0 Å². The Hall–Kier alpha value is -2.82. The molecule has 0 aromatic heterocycles. The lowest BCUT2D eigenvalue weighted by molar-refractivity contribution is -0.116. The molecule has 0 radical (unpaired) electrons. The van der Waals surface area contributed by atoms with Gasteiger partial charge in [0.2, 0.25) is 5.91 Å². The van der Waals surface area contributed by atoms with Crippen molar-refractivity contribution < 1.29 is 14.3 Å². The van der Waals surface area contributed by atoms with Crippen molar-refractivity contribution in [3.63, 3.8) is 0 Å². The van der Waals surface area contributed by atoms with Crippen molar-refractivity contribution in [2.24, 2.45) is 0 Å². The normalized spacial score (nSPS) is 10.4. The van der Waals surface area contributed by atoms with Crippen molar-refractivity contribution in [2.75, 3.05) is 17.2 Å². The van der Waals surface area contributed by atoms with Gasteiger partial charge in [-0.3, -0.25) is 9.59 Å². The van der Waals surface area contributed by atoms with Gasteiger partial charge in [-0.15, -0.1) is 0 Å². The van der Waals surface area contributed by atoms with Crippen molar-refractivity contribution in [3.8, 4) is 5.75 Å². The number of amides is 2. The Morgan fingerprint density at radius 1 is 0.857 bits per heavy atom. The topological polar surface area (TPSA) is 67.4 Å². The summed E-state index contributed by atoms with van der Waals surface area (Å²) in [5.41, 5.74) is 1.84. The molecule has 5 heteroatoms. The van der Waals surface area contributed by atoms with E-state index in [4.69, 9.17) is 4.74 Å². The van der Waals surface area contributed by atoms with E-state index in [-0.39, 0.29) is 11.8 Å². The molecule has 0 aliphatic carbocycles. The smallest absolute Gasteiger partial charge is 0.255 e. The Labute approximate surface area is 167 Å². The van der Waals surface area contributed by atoms with Crippen LogP contribution in [0.2, 0.25) is 0 Å². The van der Waals surface area contributed by atoms with Crippen molar-refractivity contribution in [2.45, 2.75) is 52.4 Å². The fourth-order valence-electron chi connectivity index (χ4n) is 2.70. The molecule has 0 atom stereocenters. The Morgan fingerprint density at radius 2 is 1.57 bits per heavy atom. The fraction of sp³-hybridized carbons (Fsp3) is 0.391. The van der Waals surface area contributed by atoms with Gasteiger partial charge in [0.1, 0.15) is 5.75 Å². The first-order valence-electron chi connectivity index (χ1n) is 10.1. The molecule has 0 saturated heterocycles. The van der Waals surface area contributed by atoms with Gasteiger partial charge in [-0.2, -0.15) is 0 Å². The maximum absolute atomic E-state index is 12.6. The van der Waals surface area contributed by atoms with E-state index in [1.165, 1.54) is 0 Å². The van der Waals surface area contributed by atoms with E-state index < -0.39 is 0 Å². The highest BCUT2D eigenvalue weighted by molar-refractivity contribution is 6.05. The molecule has 0 saturated carbocycles. The zero-order valence-corrected chi connectivity index (χ0v) is 16.8. The summed E-state index contributed by atoms with van der Waals surface area (Å²) in [5, 5.41) is 5.75. The standard InChI is InChI=1S/C23H30N2O3/c1-3-5-7-14-22(26)24-19-11-9-12-20(17-19)25-23(27)18-10-8-13-21(16-18)28-15-6-4-2/h8-13,16-17H,3-7,14-15H2,1-2H3,(H,24,26)(H,25,27). The van der Waals surface area contributed by atoms with Gasteiger partial charge in [0.25, 0.3) is 5.91 Å². The van der Waals surface area contributed by atoms with Crippen molar-refractivity contribution in [1.82, 2.24) is 0 Å². The number of rotatable bonds is 11. The highest BCUT2D eigenvalue weighted by atomic mass is 16.5. The zero-order valence-electron chi connectivity index (χ0n) is 16.8. The number of ether oxygens (including phenoxy) is 1. The van der Waals surface area contributed by atoms with Crippen LogP contribution in [-0.4, -0.2) is 18.4 Å². The monoisotopic (exact) mass is 382 g/mol. The number of hydrogen-bond donors (Lipinski definition) is 2. The lowest BCUT2D eigenvalue weighted by atomic mass is 10.2. The number of hydrogen-bond acceptors (Lipinski definition) is 3. The van der Waals surface area contributed by atoms with Crippen LogP contribution < -0.4 is 15.4 Å². The predicted molar refractivity (Wildman–Crippen MR) is 114 cm³/mol.